The van der Waals surface area contributed by atoms with E-state index in [1.54, 1.807) is 22.6 Å². The summed E-state index contributed by atoms with van der Waals surface area (Å²) in [5, 5.41) is 0.685. The maximum atomic E-state index is 15.4. The van der Waals surface area contributed by atoms with Gasteiger partial charge in [-0.3, -0.25) is 4.79 Å². The van der Waals surface area contributed by atoms with Gasteiger partial charge < -0.3 is 19.8 Å². The predicted molar refractivity (Wildman–Crippen MR) is 128 cm³/mol. The van der Waals surface area contributed by atoms with Gasteiger partial charge in [-0.25, -0.2) is 18.7 Å². The summed E-state index contributed by atoms with van der Waals surface area (Å²) >= 11 is 0. The van der Waals surface area contributed by atoms with Crippen molar-refractivity contribution in [3.63, 3.8) is 0 Å². The minimum atomic E-state index is -0.491. The largest absolute Gasteiger partial charge is 0.334 e. The highest BCUT2D eigenvalue weighted by molar-refractivity contribution is 5.98. The second-order valence-electron chi connectivity index (χ2n) is 10.4. The Labute approximate surface area is 200 Å². The number of nitrogens with zero attached hydrogens (tertiary/aromatic N) is 5. The van der Waals surface area contributed by atoms with Crippen LogP contribution < -0.4 is 5.73 Å². The monoisotopic (exact) mass is 476 g/mol. The van der Waals surface area contributed by atoms with Crippen LogP contribution in [0.3, 0.4) is 0 Å². The number of piperidine rings is 1. The first-order valence-electron chi connectivity index (χ1n) is 12.3. The van der Waals surface area contributed by atoms with Crippen molar-refractivity contribution in [3.05, 3.63) is 47.7 Å². The third kappa shape index (κ3) is 3.14. The number of fused-ring (bicyclic) bond motifs is 4. The molecule has 1 aliphatic heterocycles. The van der Waals surface area contributed by atoms with Gasteiger partial charge in [0.15, 0.2) is 5.82 Å². The van der Waals surface area contributed by atoms with Crippen LogP contribution in [0.15, 0.2) is 30.5 Å². The highest BCUT2D eigenvalue weighted by Crippen LogP contribution is 2.39. The summed E-state index contributed by atoms with van der Waals surface area (Å²) in [5.41, 5.74) is 8.78. The summed E-state index contributed by atoms with van der Waals surface area (Å²) < 4.78 is 33.1. The number of imidazole rings is 1. The molecule has 3 fully saturated rings. The molecule has 1 amide bonds. The van der Waals surface area contributed by atoms with Crippen molar-refractivity contribution in [2.24, 2.45) is 24.6 Å². The molecule has 2 bridgehead atoms. The number of halogens is 2. The second kappa shape index (κ2) is 7.34. The fourth-order valence-electron chi connectivity index (χ4n) is 6.14. The number of pyridine rings is 1. The van der Waals surface area contributed by atoms with E-state index in [-0.39, 0.29) is 18.0 Å². The molecule has 2 N–H and O–H groups in total. The number of carbonyl (C=O) groups excluding carboxylic acids is 1. The van der Waals surface area contributed by atoms with Crippen LogP contribution in [0.2, 0.25) is 0 Å². The van der Waals surface area contributed by atoms with Crippen LogP contribution in [0.4, 0.5) is 8.78 Å². The molecule has 4 aromatic rings. The lowest BCUT2D eigenvalue weighted by Gasteiger charge is -2.27. The van der Waals surface area contributed by atoms with E-state index in [9.17, 15) is 9.18 Å². The van der Waals surface area contributed by atoms with E-state index in [4.69, 9.17) is 10.7 Å². The molecule has 0 radical (unpaired) electrons. The quantitative estimate of drug-likeness (QED) is 0.485. The number of hydrogen-bond donors (Lipinski definition) is 1. The minimum absolute atomic E-state index is 0.000754. The van der Waals surface area contributed by atoms with E-state index in [1.807, 2.05) is 6.07 Å². The first-order chi connectivity index (χ1) is 16.9. The Balaban J connectivity index is 1.33. The highest BCUT2D eigenvalue weighted by atomic mass is 19.1. The van der Waals surface area contributed by atoms with Crippen LogP contribution in [0.25, 0.3) is 33.6 Å². The lowest BCUT2D eigenvalue weighted by molar-refractivity contribution is 0.0700. The molecule has 35 heavy (non-hydrogen) atoms. The third-order valence-electron chi connectivity index (χ3n) is 8.15. The summed E-state index contributed by atoms with van der Waals surface area (Å²) in [5.74, 6) is 0.352. The van der Waals surface area contributed by atoms with Gasteiger partial charge in [0.1, 0.15) is 22.8 Å². The van der Waals surface area contributed by atoms with Gasteiger partial charge in [-0.1, -0.05) is 0 Å². The fraction of sp³-hybridized carbons (Fsp3) is 0.423. The molecule has 3 aromatic heterocycles. The number of aryl methyl sites for hydroxylation is 1. The van der Waals surface area contributed by atoms with E-state index >= 15 is 4.39 Å². The van der Waals surface area contributed by atoms with Crippen molar-refractivity contribution in [2.45, 2.75) is 44.3 Å². The van der Waals surface area contributed by atoms with Gasteiger partial charge in [0.2, 0.25) is 0 Å². The fourth-order valence-corrected chi connectivity index (χ4v) is 6.14. The molecule has 2 aliphatic carbocycles. The van der Waals surface area contributed by atoms with Crippen LogP contribution >= 0.6 is 0 Å². The SMILES string of the molecule is Cn1c(-c2cc3cc(F)cnc3n2CC2CC2)nc2cc(C(=O)N3C[C@H]4CC[C@@H]3[C@@H]4N)cc(F)c21. The molecule has 7 rings (SSSR count). The number of amides is 1. The maximum absolute atomic E-state index is 15.4. The number of aromatic nitrogens is 4. The second-order valence-corrected chi connectivity index (χ2v) is 10.4. The first-order valence-corrected chi connectivity index (χ1v) is 12.3. The van der Waals surface area contributed by atoms with Gasteiger partial charge in [0, 0.05) is 43.2 Å². The molecule has 1 saturated heterocycles. The number of carbonyl (C=O) groups is 1. The Morgan fingerprint density at radius 2 is 1.97 bits per heavy atom. The molecule has 9 heteroatoms. The van der Waals surface area contributed by atoms with E-state index in [2.05, 4.69) is 9.55 Å². The third-order valence-corrected chi connectivity index (χ3v) is 8.15. The van der Waals surface area contributed by atoms with Crippen LogP contribution in [0.5, 0.6) is 0 Å². The number of nitrogens with two attached hydrogens (primary N) is 1. The normalized spacial score (nSPS) is 23.8. The summed E-state index contributed by atoms with van der Waals surface area (Å²) in [4.78, 5) is 24.2. The van der Waals surface area contributed by atoms with Crippen molar-refractivity contribution >= 4 is 28.0 Å². The summed E-state index contributed by atoms with van der Waals surface area (Å²) in [6.45, 7) is 1.38. The number of hydrogen-bond acceptors (Lipinski definition) is 4. The zero-order chi connectivity index (χ0) is 24.0. The maximum Gasteiger partial charge on any atom is 0.254 e. The predicted octanol–water partition coefficient (Wildman–Crippen LogP) is 3.84. The van der Waals surface area contributed by atoms with Gasteiger partial charge in [0.25, 0.3) is 5.91 Å². The first kappa shape index (κ1) is 21.0. The molecular formula is C26H26F2N6O. The van der Waals surface area contributed by atoms with Crippen molar-refractivity contribution in [1.29, 1.82) is 0 Å². The lowest BCUT2D eigenvalue weighted by Crippen LogP contribution is -2.41. The summed E-state index contributed by atoms with van der Waals surface area (Å²) in [6.07, 6.45) is 5.45. The van der Waals surface area contributed by atoms with Crippen molar-refractivity contribution < 1.29 is 13.6 Å². The Hall–Kier alpha value is -3.33. The van der Waals surface area contributed by atoms with Gasteiger partial charge >= 0.3 is 0 Å². The average molecular weight is 477 g/mol. The topological polar surface area (TPSA) is 82.0 Å². The Bertz CT molecular complexity index is 1520. The van der Waals surface area contributed by atoms with E-state index in [1.165, 1.54) is 18.3 Å². The van der Waals surface area contributed by atoms with Crippen molar-refractivity contribution in [1.82, 2.24) is 24.0 Å². The van der Waals surface area contributed by atoms with E-state index in [0.29, 0.717) is 51.8 Å². The van der Waals surface area contributed by atoms with E-state index in [0.717, 1.165) is 37.9 Å². The molecular weight excluding hydrogens is 450 g/mol. The zero-order valence-electron chi connectivity index (χ0n) is 19.4. The number of benzene rings is 1. The lowest BCUT2D eigenvalue weighted by atomic mass is 10.1. The Morgan fingerprint density at radius 1 is 1.14 bits per heavy atom. The Kier molecular flexibility index (Phi) is 4.40. The molecule has 3 aliphatic rings. The van der Waals surface area contributed by atoms with Gasteiger partial charge in [-0.05, 0) is 61.8 Å². The van der Waals surface area contributed by atoms with Crippen molar-refractivity contribution in [3.8, 4) is 11.5 Å². The van der Waals surface area contributed by atoms with Gasteiger partial charge in [-0.2, -0.15) is 0 Å². The van der Waals surface area contributed by atoms with Gasteiger partial charge in [-0.15, -0.1) is 0 Å². The van der Waals surface area contributed by atoms with Crippen LogP contribution in [-0.2, 0) is 13.6 Å². The highest BCUT2D eigenvalue weighted by Gasteiger charge is 2.47. The summed E-state index contributed by atoms with van der Waals surface area (Å²) in [7, 11) is 1.76. The molecule has 2 saturated carbocycles. The zero-order valence-corrected chi connectivity index (χ0v) is 19.4. The molecule has 1 aromatic carbocycles. The number of likely N-dealkylation sites (tertiary alicyclic amines) is 1. The molecule has 0 unspecified atom stereocenters. The average Bonchev–Trinajstić information content (AvgIpc) is 3.24. The smallest absolute Gasteiger partial charge is 0.254 e. The number of rotatable bonds is 4. The van der Waals surface area contributed by atoms with Crippen molar-refractivity contribution in [2.75, 3.05) is 6.54 Å². The van der Waals surface area contributed by atoms with Gasteiger partial charge in [0.05, 0.1) is 17.4 Å². The minimum Gasteiger partial charge on any atom is -0.334 e. The van der Waals surface area contributed by atoms with Crippen LogP contribution in [0.1, 0.15) is 36.0 Å². The molecule has 4 heterocycles. The van der Waals surface area contributed by atoms with E-state index < -0.39 is 11.6 Å². The molecule has 180 valence electrons. The molecule has 0 spiro atoms. The molecule has 3 atom stereocenters. The van der Waals surface area contributed by atoms with Crippen LogP contribution in [0, 0.1) is 23.5 Å². The van der Waals surface area contributed by atoms with Crippen LogP contribution in [-0.4, -0.2) is 48.5 Å². The Morgan fingerprint density at radius 3 is 2.69 bits per heavy atom. The summed E-state index contributed by atoms with van der Waals surface area (Å²) in [6, 6.07) is 6.33. The standard InChI is InChI=1S/C26H26F2N6O/c1-32-23-18(28)7-16(26(35)34-12-14-4-5-20(34)22(14)29)8-19(23)31-25(32)21-9-15-6-17(27)10-30-24(15)33(21)11-13-2-3-13/h6-10,13-14,20,22H,2-5,11-12,29H2,1H3/t14-,20-,22-/m1/s1. The molecule has 7 nitrogen and oxygen atoms in total.